The summed E-state index contributed by atoms with van der Waals surface area (Å²) in [5.41, 5.74) is 3.11. The van der Waals surface area contributed by atoms with Crippen molar-refractivity contribution in [3.63, 3.8) is 0 Å². The number of hydrogen-bond donors (Lipinski definition) is 0. The number of halogens is 2. The molecular weight excluding hydrogens is 362 g/mol. The van der Waals surface area contributed by atoms with Gasteiger partial charge in [0.2, 0.25) is 0 Å². The zero-order chi connectivity index (χ0) is 13.3. The summed E-state index contributed by atoms with van der Waals surface area (Å²) in [4.78, 5) is 0.215. The summed E-state index contributed by atoms with van der Waals surface area (Å²) < 4.78 is 4.78. The molecule has 1 atom stereocenters. The Morgan fingerprint density at radius 3 is 2.67 bits per heavy atom. The Labute approximate surface area is 123 Å². The average Bonchev–Trinajstić information content (AvgIpc) is 2.89. The summed E-state index contributed by atoms with van der Waals surface area (Å²) in [7, 11) is 1.95. The van der Waals surface area contributed by atoms with Gasteiger partial charge < -0.3 is 0 Å². The van der Waals surface area contributed by atoms with Gasteiger partial charge in [-0.3, -0.25) is 4.68 Å². The van der Waals surface area contributed by atoms with Crippen molar-refractivity contribution in [1.82, 2.24) is 24.8 Å². The van der Waals surface area contributed by atoms with Gasteiger partial charge in [0.1, 0.15) is 0 Å². The van der Waals surface area contributed by atoms with E-state index in [-0.39, 0.29) is 4.83 Å². The van der Waals surface area contributed by atoms with Gasteiger partial charge in [-0.2, -0.15) is 5.10 Å². The lowest BCUT2D eigenvalue weighted by Gasteiger charge is -2.02. The topological polar surface area (TPSA) is 48.5 Å². The molecule has 0 saturated carbocycles. The third-order valence-corrected chi connectivity index (χ3v) is 4.16. The van der Waals surface area contributed by atoms with Crippen LogP contribution in [0.1, 0.15) is 35.8 Å². The van der Waals surface area contributed by atoms with Crippen molar-refractivity contribution in [2.45, 2.75) is 31.6 Å². The predicted octanol–water partition coefficient (Wildman–Crippen LogP) is 2.84. The third kappa shape index (κ3) is 2.66. The zero-order valence-electron chi connectivity index (χ0n) is 10.6. The van der Waals surface area contributed by atoms with Gasteiger partial charge in [-0.25, -0.2) is 4.68 Å². The minimum atomic E-state index is 0.215. The molecule has 18 heavy (non-hydrogen) atoms. The Hall–Kier alpha value is -0.690. The van der Waals surface area contributed by atoms with Crippen LogP contribution in [0.2, 0.25) is 0 Å². The van der Waals surface area contributed by atoms with Crippen molar-refractivity contribution < 1.29 is 0 Å². The van der Waals surface area contributed by atoms with E-state index in [0.29, 0.717) is 6.54 Å². The van der Waals surface area contributed by atoms with Crippen molar-refractivity contribution >= 4 is 31.9 Å². The van der Waals surface area contributed by atoms with Crippen LogP contribution in [0.5, 0.6) is 0 Å². The highest BCUT2D eigenvalue weighted by Crippen LogP contribution is 2.23. The lowest BCUT2D eigenvalue weighted by Crippen LogP contribution is -2.06. The van der Waals surface area contributed by atoms with Crippen LogP contribution in [-0.2, 0) is 20.0 Å². The van der Waals surface area contributed by atoms with Crippen molar-refractivity contribution in [3.8, 4) is 0 Å². The molecule has 0 amide bonds. The van der Waals surface area contributed by atoms with Crippen LogP contribution in [0.25, 0.3) is 0 Å². The van der Waals surface area contributed by atoms with Crippen molar-refractivity contribution in [2.24, 2.45) is 7.05 Å². The van der Waals surface area contributed by atoms with Crippen LogP contribution >= 0.6 is 31.9 Å². The van der Waals surface area contributed by atoms with Gasteiger partial charge in [-0.05, 0) is 29.3 Å². The number of alkyl halides is 1. The van der Waals surface area contributed by atoms with Crippen molar-refractivity contribution in [3.05, 3.63) is 27.8 Å². The predicted molar refractivity (Wildman–Crippen MR) is 76.8 cm³/mol. The molecule has 2 heterocycles. The quantitative estimate of drug-likeness (QED) is 0.771. The van der Waals surface area contributed by atoms with E-state index in [1.807, 2.05) is 29.5 Å². The Morgan fingerprint density at radius 2 is 2.17 bits per heavy atom. The van der Waals surface area contributed by atoms with Crippen molar-refractivity contribution in [2.75, 3.05) is 0 Å². The molecule has 0 aliphatic heterocycles. The summed E-state index contributed by atoms with van der Waals surface area (Å²) in [6, 6.07) is 0. The number of aromatic nitrogens is 5. The number of hydrogen-bond acceptors (Lipinski definition) is 3. The smallest absolute Gasteiger partial charge is 0.0960 e. The van der Waals surface area contributed by atoms with Gasteiger partial charge in [-0.15, -0.1) is 5.10 Å². The lowest BCUT2D eigenvalue weighted by molar-refractivity contribution is 0.597. The molecule has 98 valence electrons. The van der Waals surface area contributed by atoms with Gasteiger partial charge in [0.15, 0.2) is 0 Å². The first-order valence-electron chi connectivity index (χ1n) is 5.77. The molecule has 0 saturated heterocycles. The SMILES string of the molecule is CCc1nn(C)c(Cn2cc(C(C)Br)nn2)c1Br. The lowest BCUT2D eigenvalue weighted by atomic mass is 10.3. The summed E-state index contributed by atoms with van der Waals surface area (Å²) in [6.45, 7) is 4.79. The highest BCUT2D eigenvalue weighted by atomic mass is 79.9. The van der Waals surface area contributed by atoms with Crippen LogP contribution in [-0.4, -0.2) is 24.8 Å². The number of nitrogens with zero attached hydrogens (tertiary/aromatic N) is 5. The molecule has 2 aromatic rings. The molecule has 1 unspecified atom stereocenters. The van der Waals surface area contributed by atoms with E-state index < -0.39 is 0 Å². The van der Waals surface area contributed by atoms with Crippen LogP contribution in [0.3, 0.4) is 0 Å². The largest absolute Gasteiger partial charge is 0.269 e. The Kier molecular flexibility index (Phi) is 4.21. The van der Waals surface area contributed by atoms with E-state index in [1.54, 1.807) is 0 Å². The fourth-order valence-corrected chi connectivity index (χ4v) is 2.67. The fraction of sp³-hybridized carbons (Fsp3) is 0.545. The minimum absolute atomic E-state index is 0.215. The second kappa shape index (κ2) is 5.52. The zero-order valence-corrected chi connectivity index (χ0v) is 13.7. The molecular formula is C11H15Br2N5. The molecule has 0 fully saturated rings. The van der Waals surface area contributed by atoms with Crippen LogP contribution in [0.15, 0.2) is 10.7 Å². The molecule has 5 nitrogen and oxygen atoms in total. The third-order valence-electron chi connectivity index (χ3n) is 2.78. The fourth-order valence-electron chi connectivity index (χ4n) is 1.72. The second-order valence-corrected chi connectivity index (χ2v) is 6.31. The first kappa shape index (κ1) is 13.7. The Morgan fingerprint density at radius 1 is 1.44 bits per heavy atom. The van der Waals surface area contributed by atoms with E-state index >= 15 is 0 Å². The first-order valence-corrected chi connectivity index (χ1v) is 7.48. The van der Waals surface area contributed by atoms with Crippen molar-refractivity contribution in [1.29, 1.82) is 0 Å². The molecule has 0 bridgehead atoms. The van der Waals surface area contributed by atoms with Crippen LogP contribution < -0.4 is 0 Å². The van der Waals surface area contributed by atoms with Crippen LogP contribution in [0.4, 0.5) is 0 Å². The average molecular weight is 377 g/mol. The normalized spacial score (nSPS) is 12.9. The Bertz CT molecular complexity index is 544. The van der Waals surface area contributed by atoms with E-state index in [1.165, 1.54) is 0 Å². The molecule has 0 radical (unpaired) electrons. The van der Waals surface area contributed by atoms with Crippen LogP contribution in [0, 0.1) is 0 Å². The number of aryl methyl sites for hydroxylation is 2. The van der Waals surface area contributed by atoms with E-state index in [0.717, 1.165) is 28.0 Å². The van der Waals surface area contributed by atoms with E-state index in [9.17, 15) is 0 Å². The minimum Gasteiger partial charge on any atom is -0.269 e. The maximum Gasteiger partial charge on any atom is 0.0960 e. The first-order chi connectivity index (χ1) is 8.52. The standard InChI is InChI=1S/C11H15Br2N5/c1-4-8-11(13)10(17(3)15-8)6-18-5-9(7(2)12)14-16-18/h5,7H,4,6H2,1-3H3. The van der Waals surface area contributed by atoms with Gasteiger partial charge in [0, 0.05) is 7.05 Å². The highest BCUT2D eigenvalue weighted by molar-refractivity contribution is 9.10. The summed E-state index contributed by atoms with van der Waals surface area (Å²) in [6.07, 6.45) is 2.86. The van der Waals surface area contributed by atoms with Gasteiger partial charge in [0.05, 0.1) is 39.1 Å². The molecule has 7 heteroatoms. The van der Waals surface area contributed by atoms with Gasteiger partial charge in [-0.1, -0.05) is 28.1 Å². The van der Waals surface area contributed by atoms with E-state index in [2.05, 4.69) is 54.2 Å². The van der Waals surface area contributed by atoms with Gasteiger partial charge >= 0.3 is 0 Å². The monoisotopic (exact) mass is 375 g/mol. The number of rotatable bonds is 4. The molecule has 0 aromatic carbocycles. The molecule has 0 N–H and O–H groups in total. The molecule has 2 rings (SSSR count). The maximum absolute atomic E-state index is 4.47. The maximum atomic E-state index is 4.47. The summed E-state index contributed by atoms with van der Waals surface area (Å²) >= 11 is 7.08. The molecule has 0 aliphatic rings. The molecule has 0 aliphatic carbocycles. The second-order valence-electron chi connectivity index (χ2n) is 4.14. The molecule has 0 spiro atoms. The highest BCUT2D eigenvalue weighted by Gasteiger charge is 2.14. The summed E-state index contributed by atoms with van der Waals surface area (Å²) in [5, 5.41) is 12.7. The molecule has 2 aromatic heterocycles. The summed E-state index contributed by atoms with van der Waals surface area (Å²) in [5.74, 6) is 0. The Balaban J connectivity index is 2.25. The van der Waals surface area contributed by atoms with E-state index in [4.69, 9.17) is 0 Å². The van der Waals surface area contributed by atoms with Gasteiger partial charge in [0.25, 0.3) is 0 Å².